The number of halogens is 1. The van der Waals surface area contributed by atoms with E-state index >= 15 is 0 Å². The molecule has 1 aliphatic heterocycles. The molecule has 0 saturated carbocycles. The van der Waals surface area contributed by atoms with Crippen LogP contribution in [-0.4, -0.2) is 15.8 Å². The van der Waals surface area contributed by atoms with Gasteiger partial charge in [-0.3, -0.25) is 4.90 Å². The second-order valence-corrected chi connectivity index (χ2v) is 6.56. The van der Waals surface area contributed by atoms with Crippen LogP contribution in [0.15, 0.2) is 59.1 Å². The first-order valence-electron chi connectivity index (χ1n) is 7.35. The minimum atomic E-state index is -0.110. The Bertz CT molecular complexity index is 882. The lowest BCUT2D eigenvalue weighted by Gasteiger charge is -2.14. The zero-order chi connectivity index (χ0) is 16.0. The van der Waals surface area contributed by atoms with Crippen LogP contribution < -0.4 is 4.90 Å². The Balaban J connectivity index is 1.65. The third-order valence-electron chi connectivity index (χ3n) is 4.00. The Kier molecular flexibility index (Phi) is 3.31. The largest absolute Gasteiger partial charge is 0.349 e. The molecule has 3 aromatic rings. The van der Waals surface area contributed by atoms with Crippen molar-refractivity contribution in [1.29, 1.82) is 0 Å². The average molecular weight is 368 g/mol. The Morgan fingerprint density at radius 2 is 1.74 bits per heavy atom. The number of anilines is 1. The predicted octanol–water partition coefficient (Wildman–Crippen LogP) is 4.61. The van der Waals surface area contributed by atoms with Gasteiger partial charge >= 0.3 is 6.03 Å². The number of carbonyl (C=O) groups is 1. The van der Waals surface area contributed by atoms with Gasteiger partial charge in [-0.25, -0.2) is 4.79 Å². The highest BCUT2D eigenvalue weighted by Gasteiger charge is 2.30. The lowest BCUT2D eigenvalue weighted by Crippen LogP contribution is -2.26. The van der Waals surface area contributed by atoms with Crippen molar-refractivity contribution < 1.29 is 4.79 Å². The summed E-state index contributed by atoms with van der Waals surface area (Å²) in [6.45, 7) is 2.59. The van der Waals surface area contributed by atoms with E-state index < -0.39 is 0 Å². The van der Waals surface area contributed by atoms with Crippen LogP contribution in [0.3, 0.4) is 0 Å². The zero-order valence-corrected chi connectivity index (χ0v) is 14.1. The number of rotatable bonds is 2. The number of benzene rings is 2. The highest BCUT2D eigenvalue weighted by molar-refractivity contribution is 9.10. The Labute approximate surface area is 142 Å². The van der Waals surface area contributed by atoms with Gasteiger partial charge in [0.1, 0.15) is 0 Å². The van der Waals surface area contributed by atoms with E-state index in [9.17, 15) is 4.79 Å². The Hall–Kier alpha value is -2.40. The molecule has 0 radical (unpaired) electrons. The van der Waals surface area contributed by atoms with Crippen LogP contribution in [0.5, 0.6) is 0 Å². The lowest BCUT2D eigenvalue weighted by atomic mass is 10.1. The van der Waals surface area contributed by atoms with Gasteiger partial charge < -0.3 is 0 Å². The molecule has 1 aromatic heterocycles. The van der Waals surface area contributed by atoms with Crippen molar-refractivity contribution in [1.82, 2.24) is 9.78 Å². The van der Waals surface area contributed by atoms with Gasteiger partial charge in [0.15, 0.2) is 0 Å². The molecule has 0 atom stereocenters. The van der Waals surface area contributed by atoms with Crippen molar-refractivity contribution in [2.45, 2.75) is 13.5 Å². The van der Waals surface area contributed by atoms with E-state index in [-0.39, 0.29) is 6.03 Å². The first-order chi connectivity index (χ1) is 11.1. The zero-order valence-electron chi connectivity index (χ0n) is 12.5. The summed E-state index contributed by atoms with van der Waals surface area (Å²) in [6, 6.07) is 17.8. The maximum atomic E-state index is 12.6. The number of hydrogen-bond donors (Lipinski definition) is 0. The summed E-state index contributed by atoms with van der Waals surface area (Å²) in [7, 11) is 0. The van der Waals surface area contributed by atoms with Gasteiger partial charge in [0.2, 0.25) is 0 Å². The van der Waals surface area contributed by atoms with Crippen molar-refractivity contribution >= 4 is 27.6 Å². The molecule has 0 aliphatic carbocycles. The molecule has 0 saturated heterocycles. The maximum absolute atomic E-state index is 12.6. The molecule has 5 heteroatoms. The van der Waals surface area contributed by atoms with Crippen LogP contribution in [-0.2, 0) is 6.54 Å². The third kappa shape index (κ3) is 2.47. The minimum Gasteiger partial charge on any atom is -0.287 e. The molecule has 0 spiro atoms. The maximum Gasteiger partial charge on any atom is 0.349 e. The first kappa shape index (κ1) is 14.2. The SMILES string of the molecule is Cc1ccc(-c2cc3n(n2)C(=O)N(c2ccc(Br)cc2)C3)cc1. The quantitative estimate of drug-likeness (QED) is 0.663. The van der Waals surface area contributed by atoms with Crippen molar-refractivity contribution in [2.24, 2.45) is 0 Å². The highest BCUT2D eigenvalue weighted by Crippen LogP contribution is 2.28. The van der Waals surface area contributed by atoms with Crippen LogP contribution >= 0.6 is 15.9 Å². The monoisotopic (exact) mass is 367 g/mol. The number of amides is 1. The normalized spacial score (nSPS) is 13.5. The van der Waals surface area contributed by atoms with Gasteiger partial charge in [0.05, 0.1) is 17.9 Å². The summed E-state index contributed by atoms with van der Waals surface area (Å²) in [5.41, 5.74) is 4.86. The van der Waals surface area contributed by atoms with Gasteiger partial charge in [-0.2, -0.15) is 9.78 Å². The fraction of sp³-hybridized carbons (Fsp3) is 0.111. The highest BCUT2D eigenvalue weighted by atomic mass is 79.9. The molecule has 0 unspecified atom stereocenters. The van der Waals surface area contributed by atoms with Crippen LogP contribution in [0.25, 0.3) is 11.3 Å². The second kappa shape index (κ2) is 5.35. The van der Waals surface area contributed by atoms with Crippen LogP contribution in [0, 0.1) is 6.92 Å². The van der Waals surface area contributed by atoms with Crippen LogP contribution in [0.2, 0.25) is 0 Å². The third-order valence-corrected chi connectivity index (χ3v) is 4.53. The van der Waals surface area contributed by atoms with E-state index in [0.717, 1.165) is 27.1 Å². The summed E-state index contributed by atoms with van der Waals surface area (Å²) >= 11 is 3.41. The molecule has 2 heterocycles. The molecule has 23 heavy (non-hydrogen) atoms. The van der Waals surface area contributed by atoms with Crippen LogP contribution in [0.1, 0.15) is 11.3 Å². The molecule has 1 aliphatic rings. The molecule has 1 amide bonds. The molecule has 0 bridgehead atoms. The summed E-state index contributed by atoms with van der Waals surface area (Å²) in [5.74, 6) is 0. The molecule has 0 fully saturated rings. The summed E-state index contributed by atoms with van der Waals surface area (Å²) in [5, 5.41) is 4.48. The molecular formula is C18H14BrN3O. The molecule has 4 nitrogen and oxygen atoms in total. The second-order valence-electron chi connectivity index (χ2n) is 5.64. The number of nitrogens with zero attached hydrogens (tertiary/aromatic N) is 3. The van der Waals surface area contributed by atoms with Gasteiger partial charge in [0.25, 0.3) is 0 Å². The summed E-state index contributed by atoms with van der Waals surface area (Å²) in [4.78, 5) is 14.3. The van der Waals surface area contributed by atoms with E-state index in [0.29, 0.717) is 6.54 Å². The van der Waals surface area contributed by atoms with E-state index in [4.69, 9.17) is 0 Å². The standard InChI is InChI=1S/C18H14BrN3O/c1-12-2-4-13(5-3-12)17-10-16-11-21(18(23)22(16)20-17)15-8-6-14(19)7-9-15/h2-10H,11H2,1H3. The Morgan fingerprint density at radius 1 is 1.04 bits per heavy atom. The fourth-order valence-corrected chi connectivity index (χ4v) is 2.99. The number of carbonyl (C=O) groups excluding carboxylic acids is 1. The van der Waals surface area contributed by atoms with Gasteiger partial charge in [0, 0.05) is 15.7 Å². The van der Waals surface area contributed by atoms with E-state index in [1.807, 2.05) is 42.5 Å². The van der Waals surface area contributed by atoms with Gasteiger partial charge in [-0.1, -0.05) is 45.8 Å². The minimum absolute atomic E-state index is 0.110. The van der Waals surface area contributed by atoms with E-state index in [1.54, 1.807) is 4.90 Å². The summed E-state index contributed by atoms with van der Waals surface area (Å²) in [6.07, 6.45) is 0. The molecule has 114 valence electrons. The van der Waals surface area contributed by atoms with Gasteiger partial charge in [-0.05, 0) is 37.3 Å². The molecule has 4 rings (SSSR count). The predicted molar refractivity (Wildman–Crippen MR) is 93.5 cm³/mol. The van der Waals surface area contributed by atoms with Crippen molar-refractivity contribution in [3.8, 4) is 11.3 Å². The van der Waals surface area contributed by atoms with Crippen molar-refractivity contribution in [2.75, 3.05) is 4.90 Å². The van der Waals surface area contributed by atoms with Gasteiger partial charge in [-0.15, -0.1) is 0 Å². The lowest BCUT2D eigenvalue weighted by molar-refractivity contribution is 0.248. The molecule has 2 aromatic carbocycles. The molecular weight excluding hydrogens is 354 g/mol. The number of aryl methyl sites for hydroxylation is 1. The smallest absolute Gasteiger partial charge is 0.287 e. The number of hydrogen-bond acceptors (Lipinski definition) is 2. The average Bonchev–Trinajstić information content (AvgIpc) is 3.09. The molecule has 0 N–H and O–H groups in total. The number of fused-ring (bicyclic) bond motifs is 1. The fourth-order valence-electron chi connectivity index (χ4n) is 2.73. The topological polar surface area (TPSA) is 38.1 Å². The number of aromatic nitrogens is 2. The van der Waals surface area contributed by atoms with E-state index in [2.05, 4.69) is 40.1 Å². The van der Waals surface area contributed by atoms with Crippen LogP contribution in [0.4, 0.5) is 10.5 Å². The van der Waals surface area contributed by atoms with E-state index in [1.165, 1.54) is 10.2 Å². The Morgan fingerprint density at radius 3 is 2.39 bits per heavy atom. The first-order valence-corrected chi connectivity index (χ1v) is 8.14. The van der Waals surface area contributed by atoms with Crippen molar-refractivity contribution in [3.63, 3.8) is 0 Å². The summed E-state index contributed by atoms with van der Waals surface area (Å²) < 4.78 is 2.49. The van der Waals surface area contributed by atoms with Crippen molar-refractivity contribution in [3.05, 3.63) is 70.3 Å².